The summed E-state index contributed by atoms with van der Waals surface area (Å²) in [4.78, 5) is 0.0537. The molecule has 0 saturated carbocycles. The third kappa shape index (κ3) is 5.67. The molecule has 0 heterocycles. The number of hydrogen-bond acceptors (Lipinski definition) is 3. The van der Waals surface area contributed by atoms with Gasteiger partial charge in [0.05, 0.1) is 16.3 Å². The fraction of sp³-hybridized carbons (Fsp3) is 0.294. The molecule has 0 saturated heterocycles. The monoisotopic (exact) mass is 372 g/mol. The standard InChI is InChI=1S/C17H19F3N2O2S/c1-2-5-13-8-10-14(11-9-13)25(23,24)22-16-7-4-3-6-15(16)21-12-17(18,19)20/h3-4,6-11,21-22H,2,5,12H2,1H3. The van der Waals surface area contributed by atoms with Gasteiger partial charge in [0.2, 0.25) is 0 Å². The maximum absolute atomic E-state index is 12.5. The molecule has 136 valence electrons. The van der Waals surface area contributed by atoms with Gasteiger partial charge in [0.25, 0.3) is 10.0 Å². The summed E-state index contributed by atoms with van der Waals surface area (Å²) in [7, 11) is -3.89. The van der Waals surface area contributed by atoms with E-state index in [1.165, 1.54) is 30.3 Å². The van der Waals surface area contributed by atoms with E-state index in [0.717, 1.165) is 18.4 Å². The molecule has 0 aliphatic carbocycles. The lowest BCUT2D eigenvalue weighted by Crippen LogP contribution is -2.22. The van der Waals surface area contributed by atoms with Crippen molar-refractivity contribution in [1.29, 1.82) is 0 Å². The Hall–Kier alpha value is -2.22. The highest BCUT2D eigenvalue weighted by atomic mass is 32.2. The number of hydrogen-bond donors (Lipinski definition) is 2. The molecule has 0 amide bonds. The van der Waals surface area contributed by atoms with Gasteiger partial charge in [0, 0.05) is 0 Å². The fourth-order valence-electron chi connectivity index (χ4n) is 2.25. The van der Waals surface area contributed by atoms with Gasteiger partial charge in [-0.25, -0.2) is 8.42 Å². The second-order valence-electron chi connectivity index (χ2n) is 5.51. The molecule has 0 bridgehead atoms. The average Bonchev–Trinajstić information content (AvgIpc) is 2.54. The van der Waals surface area contributed by atoms with Crippen molar-refractivity contribution in [2.45, 2.75) is 30.8 Å². The lowest BCUT2D eigenvalue weighted by molar-refractivity contribution is -0.115. The lowest BCUT2D eigenvalue weighted by Gasteiger charge is -2.15. The summed E-state index contributed by atoms with van der Waals surface area (Å²) in [5.41, 5.74) is 1.14. The summed E-state index contributed by atoms with van der Waals surface area (Å²) in [6.45, 7) is 0.772. The van der Waals surface area contributed by atoms with Crippen molar-refractivity contribution in [3.8, 4) is 0 Å². The quantitative estimate of drug-likeness (QED) is 0.757. The van der Waals surface area contributed by atoms with Gasteiger partial charge in [-0.05, 0) is 36.2 Å². The van der Waals surface area contributed by atoms with Crippen LogP contribution in [0.5, 0.6) is 0 Å². The first-order valence-corrected chi connectivity index (χ1v) is 9.21. The number of anilines is 2. The van der Waals surface area contributed by atoms with Crippen molar-refractivity contribution in [3.05, 3.63) is 54.1 Å². The summed E-state index contributed by atoms with van der Waals surface area (Å²) in [6, 6.07) is 12.3. The highest BCUT2D eigenvalue weighted by Gasteiger charge is 2.27. The molecule has 0 fully saturated rings. The smallest absolute Gasteiger partial charge is 0.375 e. The van der Waals surface area contributed by atoms with Crippen LogP contribution >= 0.6 is 0 Å². The molecule has 2 rings (SSSR count). The second kappa shape index (κ2) is 7.77. The number of halogens is 3. The van der Waals surface area contributed by atoms with E-state index < -0.39 is 22.7 Å². The molecule has 2 N–H and O–H groups in total. The Balaban J connectivity index is 2.20. The zero-order valence-corrected chi connectivity index (χ0v) is 14.4. The molecular weight excluding hydrogens is 353 g/mol. The predicted molar refractivity (Wildman–Crippen MR) is 92.2 cm³/mol. The number of alkyl halides is 3. The van der Waals surface area contributed by atoms with Crippen molar-refractivity contribution in [3.63, 3.8) is 0 Å². The van der Waals surface area contributed by atoms with E-state index in [-0.39, 0.29) is 16.3 Å². The van der Waals surface area contributed by atoms with Crippen LogP contribution in [0.1, 0.15) is 18.9 Å². The number of benzene rings is 2. The highest BCUT2D eigenvalue weighted by Crippen LogP contribution is 2.26. The Kier molecular flexibility index (Phi) is 5.94. The summed E-state index contributed by atoms with van der Waals surface area (Å²) >= 11 is 0. The average molecular weight is 372 g/mol. The van der Waals surface area contributed by atoms with Crippen LogP contribution in [0.4, 0.5) is 24.5 Å². The third-order valence-corrected chi connectivity index (χ3v) is 4.80. The van der Waals surface area contributed by atoms with Crippen molar-refractivity contribution in [1.82, 2.24) is 0 Å². The summed E-state index contributed by atoms with van der Waals surface area (Å²) in [5.74, 6) is 0. The first kappa shape index (κ1) is 19.1. The highest BCUT2D eigenvalue weighted by molar-refractivity contribution is 7.92. The molecule has 0 aliphatic rings. The summed E-state index contributed by atoms with van der Waals surface area (Å²) < 4.78 is 64.4. The summed E-state index contributed by atoms with van der Waals surface area (Å²) in [6.07, 6.45) is -2.61. The first-order chi connectivity index (χ1) is 11.7. The molecule has 25 heavy (non-hydrogen) atoms. The topological polar surface area (TPSA) is 58.2 Å². The van der Waals surface area contributed by atoms with Crippen LogP contribution in [0.2, 0.25) is 0 Å². The van der Waals surface area contributed by atoms with Crippen molar-refractivity contribution >= 4 is 21.4 Å². The Labute approximate surface area is 145 Å². The molecule has 0 aliphatic heterocycles. The minimum absolute atomic E-state index is 0.0537. The van der Waals surface area contributed by atoms with Gasteiger partial charge in [0.15, 0.2) is 0 Å². The van der Waals surface area contributed by atoms with Crippen LogP contribution in [-0.2, 0) is 16.4 Å². The summed E-state index contributed by atoms with van der Waals surface area (Å²) in [5, 5.41) is 2.20. The Morgan fingerprint density at radius 3 is 2.12 bits per heavy atom. The van der Waals surface area contributed by atoms with Crippen LogP contribution < -0.4 is 10.0 Å². The number of aryl methyl sites for hydroxylation is 1. The maximum Gasteiger partial charge on any atom is 0.405 e. The first-order valence-electron chi connectivity index (χ1n) is 7.73. The van der Waals surface area contributed by atoms with Gasteiger partial charge < -0.3 is 5.32 Å². The van der Waals surface area contributed by atoms with Crippen LogP contribution in [0.25, 0.3) is 0 Å². The molecule has 0 radical (unpaired) electrons. The van der Waals surface area contributed by atoms with Gasteiger partial charge in [-0.1, -0.05) is 37.6 Å². The molecule has 0 spiro atoms. The Bertz CT molecular complexity index is 803. The number of para-hydroxylation sites is 2. The van der Waals surface area contributed by atoms with Crippen molar-refractivity contribution < 1.29 is 21.6 Å². The van der Waals surface area contributed by atoms with Crippen LogP contribution in [0.3, 0.4) is 0 Å². The van der Waals surface area contributed by atoms with Gasteiger partial charge in [-0.3, -0.25) is 4.72 Å². The lowest BCUT2D eigenvalue weighted by atomic mass is 10.1. The normalized spacial score (nSPS) is 12.0. The molecule has 2 aromatic carbocycles. The fourth-order valence-corrected chi connectivity index (χ4v) is 3.33. The van der Waals surface area contributed by atoms with Gasteiger partial charge >= 0.3 is 6.18 Å². The van der Waals surface area contributed by atoms with E-state index in [0.29, 0.717) is 0 Å². The molecule has 0 atom stereocenters. The van der Waals surface area contributed by atoms with Crippen LogP contribution in [-0.4, -0.2) is 21.1 Å². The SMILES string of the molecule is CCCc1ccc(S(=O)(=O)Nc2ccccc2NCC(F)(F)F)cc1. The molecule has 2 aromatic rings. The van der Waals surface area contributed by atoms with E-state index in [1.54, 1.807) is 18.2 Å². The Morgan fingerprint density at radius 2 is 1.56 bits per heavy atom. The minimum atomic E-state index is -4.40. The van der Waals surface area contributed by atoms with Gasteiger partial charge in [-0.15, -0.1) is 0 Å². The molecule has 0 unspecified atom stereocenters. The van der Waals surface area contributed by atoms with Gasteiger partial charge in [0.1, 0.15) is 6.54 Å². The zero-order chi connectivity index (χ0) is 18.5. The van der Waals surface area contributed by atoms with Crippen LogP contribution in [0.15, 0.2) is 53.4 Å². The molecular formula is C17H19F3N2O2S. The van der Waals surface area contributed by atoms with Gasteiger partial charge in [-0.2, -0.15) is 13.2 Å². The van der Waals surface area contributed by atoms with E-state index in [1.807, 2.05) is 6.92 Å². The van der Waals surface area contributed by atoms with E-state index in [2.05, 4.69) is 10.0 Å². The Morgan fingerprint density at radius 1 is 0.960 bits per heavy atom. The third-order valence-electron chi connectivity index (χ3n) is 3.42. The molecule has 4 nitrogen and oxygen atoms in total. The van der Waals surface area contributed by atoms with Crippen LogP contribution in [0, 0.1) is 0 Å². The zero-order valence-electron chi connectivity index (χ0n) is 13.6. The van der Waals surface area contributed by atoms with E-state index >= 15 is 0 Å². The number of rotatable bonds is 7. The number of sulfonamides is 1. The largest absolute Gasteiger partial charge is 0.405 e. The molecule has 0 aromatic heterocycles. The number of nitrogens with one attached hydrogen (secondary N) is 2. The van der Waals surface area contributed by atoms with E-state index in [9.17, 15) is 21.6 Å². The van der Waals surface area contributed by atoms with E-state index in [4.69, 9.17) is 0 Å². The second-order valence-corrected chi connectivity index (χ2v) is 7.20. The predicted octanol–water partition coefficient (Wildman–Crippen LogP) is 4.41. The van der Waals surface area contributed by atoms with Crippen molar-refractivity contribution in [2.75, 3.05) is 16.6 Å². The maximum atomic E-state index is 12.5. The van der Waals surface area contributed by atoms with Crippen molar-refractivity contribution in [2.24, 2.45) is 0 Å². The molecule has 8 heteroatoms. The minimum Gasteiger partial charge on any atom is -0.375 e.